The van der Waals surface area contributed by atoms with Crippen molar-refractivity contribution < 1.29 is 24.2 Å². The van der Waals surface area contributed by atoms with E-state index >= 15 is 0 Å². The van der Waals surface area contributed by atoms with Crippen molar-refractivity contribution in [3.63, 3.8) is 0 Å². The quantitative estimate of drug-likeness (QED) is 0.524. The third kappa shape index (κ3) is 7.67. The highest BCUT2D eigenvalue weighted by Gasteiger charge is 2.29. The summed E-state index contributed by atoms with van der Waals surface area (Å²) in [5, 5.41) is 25.4. The van der Waals surface area contributed by atoms with E-state index in [2.05, 4.69) is 15.5 Å². The zero-order chi connectivity index (χ0) is 26.0. The number of carbonyl (C=O) groups excluding carboxylic acids is 2. The molecule has 0 bridgehead atoms. The lowest BCUT2D eigenvalue weighted by Crippen LogP contribution is -2.50. The number of aliphatic hydroxyl groups excluding tert-OH is 1. The molecule has 0 spiro atoms. The first-order valence-electron chi connectivity index (χ1n) is 12.6. The molecule has 37 heavy (non-hydrogen) atoms. The highest BCUT2D eigenvalue weighted by Crippen LogP contribution is 2.17. The number of nitriles is 1. The summed E-state index contributed by atoms with van der Waals surface area (Å²) in [7, 11) is 0. The number of nitrogens with one attached hydrogen (secondary N) is 2. The topological polar surface area (TPSA) is 127 Å². The van der Waals surface area contributed by atoms with Gasteiger partial charge >= 0.3 is 6.03 Å². The molecule has 10 heteroatoms. The fourth-order valence-electron chi connectivity index (χ4n) is 4.41. The second-order valence-corrected chi connectivity index (χ2v) is 9.19. The van der Waals surface area contributed by atoms with Gasteiger partial charge in [-0.2, -0.15) is 5.26 Å². The fourth-order valence-corrected chi connectivity index (χ4v) is 4.41. The molecule has 196 valence electrons. The van der Waals surface area contributed by atoms with Crippen LogP contribution in [-0.2, 0) is 4.74 Å². The molecule has 2 atom stereocenters. The van der Waals surface area contributed by atoms with Crippen molar-refractivity contribution in [2.45, 2.75) is 25.0 Å². The number of carbonyl (C=O) groups is 2. The Morgan fingerprint density at radius 1 is 1.14 bits per heavy atom. The predicted octanol–water partition coefficient (Wildman–Crippen LogP) is 2.06. The van der Waals surface area contributed by atoms with Crippen LogP contribution >= 0.6 is 0 Å². The number of likely N-dealkylation sites (tertiary alicyclic amines) is 1. The summed E-state index contributed by atoms with van der Waals surface area (Å²) in [6.07, 6.45) is 0.302. The minimum absolute atomic E-state index is 0.166. The second-order valence-electron chi connectivity index (χ2n) is 9.19. The summed E-state index contributed by atoms with van der Waals surface area (Å²) < 4.78 is 11.2. The Bertz CT molecular complexity index is 1100. The number of hydrogen-bond acceptors (Lipinski definition) is 7. The molecule has 0 aromatic heterocycles. The van der Waals surface area contributed by atoms with Gasteiger partial charge < -0.3 is 30.1 Å². The van der Waals surface area contributed by atoms with E-state index in [0.717, 1.165) is 32.8 Å². The van der Waals surface area contributed by atoms with Gasteiger partial charge in [-0.05, 0) is 55.3 Å². The number of anilines is 1. The van der Waals surface area contributed by atoms with Crippen LogP contribution in [-0.4, -0.2) is 91.5 Å². The molecular weight excluding hydrogens is 474 g/mol. The van der Waals surface area contributed by atoms with Crippen molar-refractivity contribution in [2.24, 2.45) is 0 Å². The first-order chi connectivity index (χ1) is 18.0. The van der Waals surface area contributed by atoms with Gasteiger partial charge in [-0.1, -0.05) is 6.07 Å². The number of ether oxygens (including phenoxy) is 2. The molecule has 2 saturated heterocycles. The van der Waals surface area contributed by atoms with Gasteiger partial charge in [0.2, 0.25) is 0 Å². The molecular formula is C27H33N5O5. The van der Waals surface area contributed by atoms with Crippen molar-refractivity contribution in [3.8, 4) is 11.8 Å². The highest BCUT2D eigenvalue weighted by molar-refractivity contribution is 5.94. The van der Waals surface area contributed by atoms with Crippen LogP contribution in [0, 0.1) is 11.3 Å². The molecule has 2 fully saturated rings. The number of urea groups is 1. The molecule has 2 aromatic carbocycles. The van der Waals surface area contributed by atoms with E-state index in [1.165, 1.54) is 0 Å². The zero-order valence-corrected chi connectivity index (χ0v) is 20.8. The number of morpholine rings is 1. The number of hydrogen-bond donors (Lipinski definition) is 3. The van der Waals surface area contributed by atoms with Crippen molar-refractivity contribution in [1.29, 1.82) is 5.26 Å². The Morgan fingerprint density at radius 2 is 1.92 bits per heavy atom. The number of nitrogens with zero attached hydrogens (tertiary/aromatic N) is 3. The molecule has 2 unspecified atom stereocenters. The molecule has 3 amide bonds. The maximum absolute atomic E-state index is 12.9. The molecule has 2 heterocycles. The van der Waals surface area contributed by atoms with Gasteiger partial charge in [-0.3, -0.25) is 9.69 Å². The lowest BCUT2D eigenvalue weighted by molar-refractivity contribution is 0.0322. The number of amides is 3. The van der Waals surface area contributed by atoms with Crippen LogP contribution in [0.15, 0.2) is 48.5 Å². The lowest BCUT2D eigenvalue weighted by Gasteiger charge is -2.27. The standard InChI is InChI=1S/C27H33N5O5/c28-18-20-3-1-4-22(17-20)29-27(35)32-10-2-5-25(33)24(19-32)30-26(34)21-6-8-23(9-7-21)37-16-13-31-11-14-36-15-12-31/h1,3-4,6-9,17,24-25,33H,2,5,10-16,19H2,(H,29,35)(H,30,34). The van der Waals surface area contributed by atoms with Crippen LogP contribution in [0.25, 0.3) is 0 Å². The van der Waals surface area contributed by atoms with Gasteiger partial charge in [-0.15, -0.1) is 0 Å². The predicted molar refractivity (Wildman–Crippen MR) is 137 cm³/mol. The van der Waals surface area contributed by atoms with Crippen molar-refractivity contribution in [3.05, 3.63) is 59.7 Å². The van der Waals surface area contributed by atoms with Crippen LogP contribution in [0.5, 0.6) is 5.75 Å². The lowest BCUT2D eigenvalue weighted by atomic mass is 10.1. The molecule has 0 radical (unpaired) electrons. The summed E-state index contributed by atoms with van der Waals surface area (Å²) in [4.78, 5) is 29.6. The van der Waals surface area contributed by atoms with Gasteiger partial charge in [0.05, 0.1) is 37.0 Å². The van der Waals surface area contributed by atoms with Crippen LogP contribution in [0.2, 0.25) is 0 Å². The summed E-state index contributed by atoms with van der Waals surface area (Å²) in [6, 6.07) is 14.6. The average Bonchev–Trinajstić information content (AvgIpc) is 3.11. The summed E-state index contributed by atoms with van der Waals surface area (Å²) >= 11 is 0. The van der Waals surface area contributed by atoms with Gasteiger partial charge in [0.15, 0.2) is 0 Å². The van der Waals surface area contributed by atoms with E-state index in [-0.39, 0.29) is 18.5 Å². The molecule has 2 aromatic rings. The SMILES string of the molecule is N#Cc1cccc(NC(=O)N2CCCC(O)C(NC(=O)c3ccc(OCCN4CCOCC4)cc3)C2)c1. The Kier molecular flexibility index (Phi) is 9.32. The van der Waals surface area contributed by atoms with Crippen LogP contribution < -0.4 is 15.4 Å². The Morgan fingerprint density at radius 3 is 2.68 bits per heavy atom. The average molecular weight is 508 g/mol. The monoisotopic (exact) mass is 507 g/mol. The minimum Gasteiger partial charge on any atom is -0.492 e. The molecule has 0 saturated carbocycles. The Hall–Kier alpha value is -3.65. The van der Waals surface area contributed by atoms with Crippen molar-refractivity contribution >= 4 is 17.6 Å². The first-order valence-corrected chi connectivity index (χ1v) is 12.6. The van der Waals surface area contributed by atoms with Crippen molar-refractivity contribution in [2.75, 3.05) is 57.9 Å². The largest absolute Gasteiger partial charge is 0.492 e. The third-order valence-electron chi connectivity index (χ3n) is 6.55. The molecule has 10 nitrogen and oxygen atoms in total. The van der Waals surface area contributed by atoms with Crippen LogP contribution in [0.1, 0.15) is 28.8 Å². The van der Waals surface area contributed by atoms with Gasteiger partial charge in [-0.25, -0.2) is 4.79 Å². The van der Waals surface area contributed by atoms with E-state index in [0.29, 0.717) is 48.6 Å². The number of rotatable bonds is 7. The fraction of sp³-hybridized carbons (Fsp3) is 0.444. The maximum Gasteiger partial charge on any atom is 0.321 e. The molecule has 4 rings (SSSR count). The van der Waals surface area contributed by atoms with E-state index in [1.54, 1.807) is 53.4 Å². The minimum atomic E-state index is -0.772. The Balaban J connectivity index is 1.29. The molecule has 3 N–H and O–H groups in total. The highest BCUT2D eigenvalue weighted by atomic mass is 16.5. The van der Waals surface area contributed by atoms with Gasteiger partial charge in [0, 0.05) is 44.0 Å². The smallest absolute Gasteiger partial charge is 0.321 e. The summed E-state index contributed by atoms with van der Waals surface area (Å²) in [6.45, 7) is 5.29. The van der Waals surface area contributed by atoms with Crippen LogP contribution in [0.3, 0.4) is 0 Å². The first kappa shape index (κ1) is 26.4. The van der Waals surface area contributed by atoms with E-state index in [9.17, 15) is 14.7 Å². The third-order valence-corrected chi connectivity index (χ3v) is 6.55. The van der Waals surface area contributed by atoms with E-state index in [1.807, 2.05) is 6.07 Å². The maximum atomic E-state index is 12.9. The van der Waals surface area contributed by atoms with Crippen molar-refractivity contribution in [1.82, 2.24) is 15.1 Å². The molecule has 0 aliphatic carbocycles. The molecule has 2 aliphatic heterocycles. The summed E-state index contributed by atoms with van der Waals surface area (Å²) in [5.41, 5.74) is 1.41. The van der Waals surface area contributed by atoms with Crippen LogP contribution in [0.4, 0.5) is 10.5 Å². The second kappa shape index (κ2) is 13.1. The van der Waals surface area contributed by atoms with E-state index < -0.39 is 12.1 Å². The number of benzene rings is 2. The Labute approximate surface area is 216 Å². The van der Waals surface area contributed by atoms with E-state index in [4.69, 9.17) is 14.7 Å². The summed E-state index contributed by atoms with van der Waals surface area (Å²) in [5.74, 6) is 0.357. The van der Waals surface area contributed by atoms with Gasteiger partial charge in [0.25, 0.3) is 5.91 Å². The molecule has 2 aliphatic rings. The number of aliphatic hydroxyl groups is 1. The van der Waals surface area contributed by atoms with Gasteiger partial charge in [0.1, 0.15) is 12.4 Å². The zero-order valence-electron chi connectivity index (χ0n) is 20.8. The normalized spacial score (nSPS) is 20.4.